The van der Waals surface area contributed by atoms with Crippen LogP contribution in [0.15, 0.2) is 95.7 Å². The van der Waals surface area contributed by atoms with Crippen molar-refractivity contribution in [3.63, 3.8) is 0 Å². The van der Waals surface area contributed by atoms with Gasteiger partial charge in [0.25, 0.3) is 0 Å². The molecule has 2 aromatic carbocycles. The van der Waals surface area contributed by atoms with Gasteiger partial charge in [0.05, 0.1) is 12.3 Å². The summed E-state index contributed by atoms with van der Waals surface area (Å²) in [5.74, 6) is -0.421. The molecule has 25 heavy (non-hydrogen) atoms. The predicted molar refractivity (Wildman–Crippen MR) is 101 cm³/mol. The third-order valence-electron chi connectivity index (χ3n) is 3.73. The third kappa shape index (κ3) is 4.01. The first-order chi connectivity index (χ1) is 12.3. The number of esters is 1. The van der Waals surface area contributed by atoms with Gasteiger partial charge in [0.2, 0.25) is 0 Å². The van der Waals surface area contributed by atoms with Gasteiger partial charge in [-0.25, -0.2) is 9.79 Å². The Kier molecular flexibility index (Phi) is 5.37. The van der Waals surface area contributed by atoms with Crippen LogP contribution in [-0.2, 0) is 9.53 Å². The summed E-state index contributed by atoms with van der Waals surface area (Å²) in [5, 5.41) is 0. The molecule has 2 aromatic rings. The smallest absolute Gasteiger partial charge is 0.356 e. The number of nitrogens with zero attached hydrogens (tertiary/aromatic N) is 1. The van der Waals surface area contributed by atoms with E-state index in [0.717, 1.165) is 22.4 Å². The Morgan fingerprint density at radius 1 is 0.880 bits per heavy atom. The molecular formula is C22H19NO2. The highest BCUT2D eigenvalue weighted by Gasteiger charge is 2.17. The summed E-state index contributed by atoms with van der Waals surface area (Å²) in [4.78, 5) is 16.9. The Bertz CT molecular complexity index is 859. The van der Waals surface area contributed by atoms with E-state index in [-0.39, 0.29) is 0 Å². The molecule has 0 N–H and O–H groups in total. The molecule has 0 aromatic heterocycles. The minimum atomic E-state index is -0.421. The van der Waals surface area contributed by atoms with Crippen molar-refractivity contribution in [3.8, 4) is 0 Å². The van der Waals surface area contributed by atoms with E-state index in [1.165, 1.54) is 0 Å². The van der Waals surface area contributed by atoms with Gasteiger partial charge in [-0.2, -0.15) is 0 Å². The van der Waals surface area contributed by atoms with Crippen molar-refractivity contribution in [2.45, 2.75) is 6.92 Å². The SMILES string of the molecule is CCOC(=O)C1=C/C=C\C=C(c2ccccc2)/C(c2ccccc2)=N\1. The summed E-state index contributed by atoms with van der Waals surface area (Å²) < 4.78 is 5.14. The molecule has 1 aliphatic rings. The summed E-state index contributed by atoms with van der Waals surface area (Å²) in [5.41, 5.74) is 3.98. The molecule has 3 nitrogen and oxygen atoms in total. The molecule has 0 fully saturated rings. The fourth-order valence-electron chi connectivity index (χ4n) is 2.58. The lowest BCUT2D eigenvalue weighted by Gasteiger charge is -2.14. The van der Waals surface area contributed by atoms with Crippen molar-refractivity contribution >= 4 is 17.3 Å². The maximum absolute atomic E-state index is 12.2. The lowest BCUT2D eigenvalue weighted by Crippen LogP contribution is -2.11. The average Bonchev–Trinajstić information content (AvgIpc) is 2.63. The summed E-state index contributed by atoms with van der Waals surface area (Å²) in [6.45, 7) is 2.10. The lowest BCUT2D eigenvalue weighted by molar-refractivity contribution is -0.138. The van der Waals surface area contributed by atoms with Gasteiger partial charge < -0.3 is 4.74 Å². The number of aliphatic imine (C=N–C) groups is 1. The molecule has 1 heterocycles. The fourth-order valence-corrected chi connectivity index (χ4v) is 2.58. The van der Waals surface area contributed by atoms with Crippen molar-refractivity contribution < 1.29 is 9.53 Å². The number of allylic oxidation sites excluding steroid dienone is 5. The fraction of sp³-hybridized carbons (Fsp3) is 0.0909. The minimum absolute atomic E-state index is 0.290. The zero-order valence-corrected chi connectivity index (χ0v) is 14.1. The molecular weight excluding hydrogens is 310 g/mol. The first-order valence-corrected chi connectivity index (χ1v) is 8.25. The quantitative estimate of drug-likeness (QED) is 0.770. The number of rotatable bonds is 4. The van der Waals surface area contributed by atoms with E-state index in [9.17, 15) is 4.79 Å². The molecule has 0 amide bonds. The molecule has 0 unspecified atom stereocenters. The maximum atomic E-state index is 12.2. The largest absolute Gasteiger partial charge is 0.461 e. The second-order valence-corrected chi connectivity index (χ2v) is 5.43. The highest BCUT2D eigenvalue weighted by atomic mass is 16.5. The van der Waals surface area contributed by atoms with Gasteiger partial charge in [0.15, 0.2) is 0 Å². The van der Waals surface area contributed by atoms with Gasteiger partial charge in [-0.1, -0.05) is 78.9 Å². The molecule has 0 saturated heterocycles. The van der Waals surface area contributed by atoms with Crippen LogP contribution in [-0.4, -0.2) is 18.3 Å². The van der Waals surface area contributed by atoms with Crippen LogP contribution in [0.5, 0.6) is 0 Å². The first kappa shape index (κ1) is 16.7. The van der Waals surface area contributed by atoms with E-state index in [1.807, 2.05) is 72.8 Å². The summed E-state index contributed by atoms with van der Waals surface area (Å²) in [7, 11) is 0. The van der Waals surface area contributed by atoms with Crippen LogP contribution in [0.3, 0.4) is 0 Å². The van der Waals surface area contributed by atoms with E-state index in [4.69, 9.17) is 4.74 Å². The van der Waals surface area contributed by atoms with E-state index in [0.29, 0.717) is 12.3 Å². The van der Waals surface area contributed by atoms with Crippen LogP contribution >= 0.6 is 0 Å². The van der Waals surface area contributed by atoms with Gasteiger partial charge in [0, 0.05) is 11.1 Å². The van der Waals surface area contributed by atoms with Crippen LogP contribution in [0.25, 0.3) is 5.57 Å². The second-order valence-electron chi connectivity index (χ2n) is 5.43. The highest BCUT2D eigenvalue weighted by Crippen LogP contribution is 2.24. The first-order valence-electron chi connectivity index (χ1n) is 8.25. The third-order valence-corrected chi connectivity index (χ3v) is 3.73. The Morgan fingerprint density at radius 2 is 1.48 bits per heavy atom. The molecule has 3 rings (SSSR count). The van der Waals surface area contributed by atoms with Crippen LogP contribution in [0.2, 0.25) is 0 Å². The molecule has 0 bridgehead atoms. The van der Waals surface area contributed by atoms with Gasteiger partial charge >= 0.3 is 5.97 Å². The van der Waals surface area contributed by atoms with Crippen LogP contribution in [0, 0.1) is 0 Å². The Balaban J connectivity index is 2.14. The number of benzene rings is 2. The maximum Gasteiger partial charge on any atom is 0.356 e. The molecule has 0 aliphatic carbocycles. The van der Waals surface area contributed by atoms with Gasteiger partial charge in [-0.05, 0) is 18.6 Å². The molecule has 1 aliphatic heterocycles. The van der Waals surface area contributed by atoms with Gasteiger partial charge in [-0.3, -0.25) is 0 Å². The molecule has 0 saturated carbocycles. The Morgan fingerprint density at radius 3 is 2.12 bits per heavy atom. The molecule has 124 valence electrons. The van der Waals surface area contributed by atoms with Crippen molar-refractivity contribution in [1.82, 2.24) is 0 Å². The van der Waals surface area contributed by atoms with Gasteiger partial charge in [0.1, 0.15) is 5.70 Å². The van der Waals surface area contributed by atoms with E-state index >= 15 is 0 Å². The highest BCUT2D eigenvalue weighted by molar-refractivity contribution is 6.32. The van der Waals surface area contributed by atoms with E-state index in [1.54, 1.807) is 19.1 Å². The molecule has 0 spiro atoms. The van der Waals surface area contributed by atoms with Gasteiger partial charge in [-0.15, -0.1) is 0 Å². The molecule has 0 radical (unpaired) electrons. The lowest BCUT2D eigenvalue weighted by atomic mass is 9.94. The van der Waals surface area contributed by atoms with Crippen LogP contribution in [0.1, 0.15) is 18.1 Å². The summed E-state index contributed by atoms with van der Waals surface area (Å²) in [6, 6.07) is 19.9. The normalized spacial score (nSPS) is 21.4. The number of carbonyl (C=O) groups is 1. The monoisotopic (exact) mass is 329 g/mol. The van der Waals surface area contributed by atoms with Crippen molar-refractivity contribution in [2.24, 2.45) is 4.99 Å². The zero-order chi connectivity index (χ0) is 17.5. The average molecular weight is 329 g/mol. The standard InChI is InChI=1S/C22H19NO2/c1-2-25-22(24)20-16-10-9-15-19(17-11-5-3-6-12-17)21(23-20)18-13-7-4-8-14-18/h3-16H,2H2,1H3/b10-9-,15-9?,16-10?,19-15-,20-16-,21-19?,23-20?,23-21-. The summed E-state index contributed by atoms with van der Waals surface area (Å²) >= 11 is 0. The van der Waals surface area contributed by atoms with Crippen LogP contribution < -0.4 is 0 Å². The second kappa shape index (κ2) is 8.06. The van der Waals surface area contributed by atoms with E-state index < -0.39 is 5.97 Å². The van der Waals surface area contributed by atoms with Crippen molar-refractivity contribution in [3.05, 3.63) is 102 Å². The zero-order valence-electron chi connectivity index (χ0n) is 14.1. The van der Waals surface area contributed by atoms with E-state index in [2.05, 4.69) is 4.99 Å². The van der Waals surface area contributed by atoms with Crippen molar-refractivity contribution in [2.75, 3.05) is 6.61 Å². The van der Waals surface area contributed by atoms with Crippen molar-refractivity contribution in [1.29, 1.82) is 0 Å². The number of hydrogen-bond acceptors (Lipinski definition) is 3. The molecule has 3 heteroatoms. The number of carbonyl (C=O) groups excluding carboxylic acids is 1. The minimum Gasteiger partial charge on any atom is -0.461 e. The van der Waals surface area contributed by atoms with Crippen LogP contribution in [0.4, 0.5) is 0 Å². The Hall–Kier alpha value is -3.20. The summed E-state index contributed by atoms with van der Waals surface area (Å²) in [6.07, 6.45) is 7.42. The predicted octanol–water partition coefficient (Wildman–Crippen LogP) is 4.58. The topological polar surface area (TPSA) is 38.7 Å². The molecule has 0 atom stereocenters. The Labute approximate surface area is 147 Å². The number of ether oxygens (including phenoxy) is 1. The number of hydrogen-bond donors (Lipinski definition) is 0.